The first kappa shape index (κ1) is 21.5. The molecule has 0 fully saturated rings. The van der Waals surface area contributed by atoms with Crippen LogP contribution >= 0.6 is 0 Å². The fourth-order valence-corrected chi connectivity index (χ4v) is 3.54. The lowest BCUT2D eigenvalue weighted by Crippen LogP contribution is -2.41. The van der Waals surface area contributed by atoms with Gasteiger partial charge in [0.2, 0.25) is 0 Å². The van der Waals surface area contributed by atoms with E-state index in [2.05, 4.69) is 4.98 Å². The first-order valence-electron chi connectivity index (χ1n) is 9.77. The average molecular weight is 446 g/mol. The van der Waals surface area contributed by atoms with Crippen molar-refractivity contribution in [1.82, 2.24) is 18.7 Å². The van der Waals surface area contributed by atoms with Gasteiger partial charge in [-0.2, -0.15) is 0 Å². The molecule has 0 atom stereocenters. The second-order valence-electron chi connectivity index (χ2n) is 7.82. The molecule has 0 amide bonds. The molecule has 0 N–H and O–H groups in total. The predicted molar refractivity (Wildman–Crippen MR) is 110 cm³/mol. The average Bonchev–Trinajstić information content (AvgIpc) is 3.13. The van der Waals surface area contributed by atoms with Crippen LogP contribution < -0.4 is 11.2 Å². The van der Waals surface area contributed by atoms with Gasteiger partial charge in [0.25, 0.3) is 5.56 Å². The Morgan fingerprint density at radius 1 is 0.938 bits per heavy atom. The zero-order chi connectivity index (χ0) is 23.2. The van der Waals surface area contributed by atoms with Gasteiger partial charge in [0.15, 0.2) is 22.8 Å². The lowest BCUT2D eigenvalue weighted by molar-refractivity contribution is 0.486. The second-order valence-corrected chi connectivity index (χ2v) is 7.82. The summed E-state index contributed by atoms with van der Waals surface area (Å²) >= 11 is 0. The molecule has 2 heterocycles. The van der Waals surface area contributed by atoms with Gasteiger partial charge in [0.1, 0.15) is 11.6 Å². The van der Waals surface area contributed by atoms with Crippen LogP contribution in [0.4, 0.5) is 17.6 Å². The number of benzene rings is 2. The number of imidazole rings is 1. The number of halogens is 4. The third kappa shape index (κ3) is 3.72. The molecule has 0 saturated carbocycles. The van der Waals surface area contributed by atoms with Crippen LogP contribution in [0, 0.1) is 29.2 Å². The van der Waals surface area contributed by atoms with E-state index in [1.165, 1.54) is 17.0 Å². The van der Waals surface area contributed by atoms with Gasteiger partial charge in [-0.1, -0.05) is 19.9 Å². The maximum Gasteiger partial charge on any atom is 0.337 e. The van der Waals surface area contributed by atoms with Crippen LogP contribution in [0.25, 0.3) is 16.9 Å². The van der Waals surface area contributed by atoms with Gasteiger partial charge in [0, 0.05) is 19.2 Å². The van der Waals surface area contributed by atoms with Gasteiger partial charge < -0.3 is 4.57 Å². The molecule has 166 valence electrons. The van der Waals surface area contributed by atoms with Crippen LogP contribution in [0.15, 0.2) is 52.3 Å². The Bertz CT molecular complexity index is 1450. The smallest absolute Gasteiger partial charge is 0.320 e. The number of fused-ring (bicyclic) bond motifs is 1. The van der Waals surface area contributed by atoms with Gasteiger partial charge in [-0.3, -0.25) is 9.36 Å². The van der Waals surface area contributed by atoms with Gasteiger partial charge >= 0.3 is 5.69 Å². The van der Waals surface area contributed by atoms with Crippen LogP contribution in [0.5, 0.6) is 0 Å². The Labute approximate surface area is 179 Å². The zero-order valence-corrected chi connectivity index (χ0v) is 17.2. The van der Waals surface area contributed by atoms with Crippen LogP contribution in [-0.2, 0) is 13.1 Å². The minimum Gasteiger partial charge on any atom is -0.320 e. The highest BCUT2D eigenvalue weighted by Gasteiger charge is 2.22. The minimum absolute atomic E-state index is 0.0290. The van der Waals surface area contributed by atoms with Crippen molar-refractivity contribution >= 4 is 11.2 Å². The number of nitrogens with zero attached hydrogens (tertiary/aromatic N) is 4. The summed E-state index contributed by atoms with van der Waals surface area (Å²) in [7, 11) is 0. The molecule has 6 nitrogen and oxygen atoms in total. The third-order valence-corrected chi connectivity index (χ3v) is 4.94. The number of rotatable bonds is 5. The number of hydrogen-bond acceptors (Lipinski definition) is 3. The van der Waals surface area contributed by atoms with E-state index in [0.29, 0.717) is 11.6 Å². The zero-order valence-electron chi connectivity index (χ0n) is 17.2. The molecule has 0 aliphatic rings. The monoisotopic (exact) mass is 446 g/mol. The molecule has 0 aliphatic heterocycles. The van der Waals surface area contributed by atoms with Gasteiger partial charge in [-0.05, 0) is 35.7 Å². The summed E-state index contributed by atoms with van der Waals surface area (Å²) in [5, 5.41) is 0. The summed E-state index contributed by atoms with van der Waals surface area (Å²) in [6, 6.07) is 6.02. The molecule has 0 saturated heterocycles. The molecule has 0 unspecified atom stereocenters. The van der Waals surface area contributed by atoms with Gasteiger partial charge in [-0.25, -0.2) is 31.9 Å². The van der Waals surface area contributed by atoms with E-state index in [1.54, 1.807) is 13.8 Å². The Morgan fingerprint density at radius 3 is 2.34 bits per heavy atom. The Morgan fingerprint density at radius 2 is 1.69 bits per heavy atom. The van der Waals surface area contributed by atoms with Crippen LogP contribution in [-0.4, -0.2) is 18.7 Å². The van der Waals surface area contributed by atoms with Crippen molar-refractivity contribution < 1.29 is 17.6 Å². The highest BCUT2D eigenvalue weighted by molar-refractivity contribution is 5.72. The van der Waals surface area contributed by atoms with E-state index >= 15 is 0 Å². The van der Waals surface area contributed by atoms with Crippen LogP contribution in [0.2, 0.25) is 0 Å². The van der Waals surface area contributed by atoms with E-state index < -0.39 is 34.5 Å². The molecule has 32 heavy (non-hydrogen) atoms. The van der Waals surface area contributed by atoms with Crippen LogP contribution in [0.1, 0.15) is 19.4 Å². The lowest BCUT2D eigenvalue weighted by Gasteiger charge is -2.14. The molecule has 2 aromatic heterocycles. The summed E-state index contributed by atoms with van der Waals surface area (Å²) in [6.45, 7) is 3.61. The number of aromatic nitrogens is 4. The van der Waals surface area contributed by atoms with Crippen molar-refractivity contribution in [2.24, 2.45) is 5.92 Å². The van der Waals surface area contributed by atoms with Crippen molar-refractivity contribution in [1.29, 1.82) is 0 Å². The topological polar surface area (TPSA) is 61.8 Å². The quantitative estimate of drug-likeness (QED) is 0.440. The molecule has 2 aromatic carbocycles. The van der Waals surface area contributed by atoms with E-state index in [1.807, 2.05) is 0 Å². The van der Waals surface area contributed by atoms with Crippen LogP contribution in [0.3, 0.4) is 0 Å². The third-order valence-electron chi connectivity index (χ3n) is 4.94. The summed E-state index contributed by atoms with van der Waals surface area (Å²) in [5.41, 5.74) is -1.55. The fourth-order valence-electron chi connectivity index (χ4n) is 3.54. The summed E-state index contributed by atoms with van der Waals surface area (Å²) < 4.78 is 58.2. The second kappa shape index (κ2) is 8.10. The molecule has 0 radical (unpaired) electrons. The van der Waals surface area contributed by atoms with Crippen molar-refractivity contribution in [2.75, 3.05) is 0 Å². The summed E-state index contributed by atoms with van der Waals surface area (Å²) in [6.07, 6.45) is 1.25. The number of hydrogen-bond donors (Lipinski definition) is 0. The molecule has 4 aromatic rings. The molecule has 4 rings (SSSR count). The largest absolute Gasteiger partial charge is 0.337 e. The van der Waals surface area contributed by atoms with E-state index in [4.69, 9.17) is 0 Å². The molecule has 10 heteroatoms. The standard InChI is InChI=1S/C22H18F4N4O2/c1-12(2)9-29-21(31)19-20(30(22(29)32)18-6-4-14(23)8-17(18)26)27-11-28(19)10-13-3-5-15(24)16(25)7-13/h3-8,11-12H,9-10H2,1-2H3. The molecule has 0 bridgehead atoms. The van der Waals surface area contributed by atoms with Gasteiger partial charge in [0.05, 0.1) is 12.0 Å². The molecular formula is C22H18F4N4O2. The lowest BCUT2D eigenvalue weighted by atomic mass is 10.2. The minimum atomic E-state index is -1.05. The van der Waals surface area contributed by atoms with E-state index in [0.717, 1.165) is 33.4 Å². The highest BCUT2D eigenvalue weighted by Crippen LogP contribution is 2.19. The normalized spacial score (nSPS) is 11.6. The Balaban J connectivity index is 2.00. The molecular weight excluding hydrogens is 428 g/mol. The first-order valence-corrected chi connectivity index (χ1v) is 9.77. The SMILES string of the molecule is CC(C)Cn1c(=O)c2c(ncn2Cc2ccc(F)c(F)c2)n(-c2ccc(F)cc2F)c1=O. The maximum absolute atomic E-state index is 14.6. The highest BCUT2D eigenvalue weighted by atomic mass is 19.2. The molecule has 0 aliphatic carbocycles. The van der Waals surface area contributed by atoms with Crippen molar-refractivity contribution in [3.63, 3.8) is 0 Å². The van der Waals surface area contributed by atoms with Crippen molar-refractivity contribution in [2.45, 2.75) is 26.9 Å². The Kier molecular flexibility index (Phi) is 5.45. The Hall–Kier alpha value is -3.69. The fraction of sp³-hybridized carbons (Fsp3) is 0.227. The first-order chi connectivity index (χ1) is 15.2. The summed E-state index contributed by atoms with van der Waals surface area (Å²) in [5.74, 6) is -3.97. The van der Waals surface area contributed by atoms with E-state index in [-0.39, 0.29) is 35.9 Å². The summed E-state index contributed by atoms with van der Waals surface area (Å²) in [4.78, 5) is 30.5. The van der Waals surface area contributed by atoms with Crippen molar-refractivity contribution in [3.05, 3.63) is 92.4 Å². The van der Waals surface area contributed by atoms with E-state index in [9.17, 15) is 27.2 Å². The maximum atomic E-state index is 14.6. The van der Waals surface area contributed by atoms with Crippen molar-refractivity contribution in [3.8, 4) is 5.69 Å². The van der Waals surface area contributed by atoms with Gasteiger partial charge in [-0.15, -0.1) is 0 Å². The molecule has 0 spiro atoms. The predicted octanol–water partition coefficient (Wildman–Crippen LogP) is 3.61.